The monoisotopic (exact) mass is 661 g/mol. The lowest BCUT2D eigenvalue weighted by molar-refractivity contribution is 0.329. The lowest BCUT2D eigenvalue weighted by atomic mass is 10.0. The predicted molar refractivity (Wildman–Crippen MR) is 172 cm³/mol. The van der Waals surface area contributed by atoms with Gasteiger partial charge < -0.3 is 15.1 Å². The molecule has 0 heterocycles. The quantitative estimate of drug-likeness (QED) is 0.121. The second kappa shape index (κ2) is 14.9. The Morgan fingerprint density at radius 3 is 1.43 bits per heavy atom. The van der Waals surface area contributed by atoms with Crippen molar-refractivity contribution in [2.75, 3.05) is 33.2 Å². The molecule has 0 unspecified atom stereocenters. The van der Waals surface area contributed by atoms with Crippen LogP contribution in [-0.2, 0) is 0 Å². The Morgan fingerprint density at radius 1 is 0.625 bits per heavy atom. The number of hydrogen-bond acceptors (Lipinski definition) is 5. The zero-order valence-corrected chi connectivity index (χ0v) is 25.6. The molecule has 206 valence electrons. The molecule has 4 rings (SSSR count). The van der Waals surface area contributed by atoms with Gasteiger partial charge in [-0.15, -0.1) is 0 Å². The van der Waals surface area contributed by atoms with E-state index >= 15 is 0 Å². The average Bonchev–Trinajstić information content (AvgIpc) is 2.97. The maximum atomic E-state index is 10.5. The van der Waals surface area contributed by atoms with Crippen LogP contribution in [0.2, 0.25) is 0 Å². The van der Waals surface area contributed by atoms with Crippen molar-refractivity contribution in [3.8, 4) is 11.5 Å². The van der Waals surface area contributed by atoms with Crippen LogP contribution in [0.1, 0.15) is 35.1 Å². The third kappa shape index (κ3) is 8.37. The first-order chi connectivity index (χ1) is 19.4. The van der Waals surface area contributed by atoms with E-state index in [2.05, 4.69) is 43.8 Å². The Balaban J connectivity index is 1.35. The van der Waals surface area contributed by atoms with Crippen molar-refractivity contribution in [1.82, 2.24) is 4.90 Å². The van der Waals surface area contributed by atoms with Crippen molar-refractivity contribution < 1.29 is 10.2 Å². The molecule has 0 amide bonds. The van der Waals surface area contributed by atoms with Crippen molar-refractivity contribution in [1.29, 1.82) is 0 Å². The van der Waals surface area contributed by atoms with Gasteiger partial charge in [-0.1, -0.05) is 92.5 Å². The van der Waals surface area contributed by atoms with Crippen LogP contribution in [0.25, 0.3) is 0 Å². The standard InChI is InChI=1S/C33H33Br2N3O2/c1-38(20-8-18-36-32(24-10-4-2-5-11-24)28-22-26(34)14-16-30(28)39)21-9-19-37-33(25-12-6-3-7-13-25)29-23-27(35)15-17-31(29)40/h2-7,10-17,22-23,39-40H,8-9,18-21H2,1H3. The van der Waals surface area contributed by atoms with Gasteiger partial charge in [-0.05, 0) is 69.4 Å². The molecule has 4 aromatic rings. The Morgan fingerprint density at radius 2 is 1.02 bits per heavy atom. The largest absolute Gasteiger partial charge is 0.507 e. The SMILES string of the molecule is CN(CCCN=C(c1ccccc1)c1cc(Br)ccc1O)CCCN=C(c1ccccc1)c1cc(Br)ccc1O. The smallest absolute Gasteiger partial charge is 0.125 e. The molecule has 0 fully saturated rings. The molecule has 7 heteroatoms. The molecule has 4 aromatic carbocycles. The molecule has 0 atom stereocenters. The van der Waals surface area contributed by atoms with Crippen molar-refractivity contribution in [2.24, 2.45) is 9.98 Å². The summed E-state index contributed by atoms with van der Waals surface area (Å²) in [5.74, 6) is 0.434. The lowest BCUT2D eigenvalue weighted by Gasteiger charge is -2.16. The third-order valence-electron chi connectivity index (χ3n) is 6.46. The fraction of sp³-hybridized carbons (Fsp3) is 0.212. The molecule has 0 saturated heterocycles. The molecule has 0 bridgehead atoms. The number of hydrogen-bond donors (Lipinski definition) is 2. The minimum Gasteiger partial charge on any atom is -0.507 e. The van der Waals surface area contributed by atoms with Crippen molar-refractivity contribution in [2.45, 2.75) is 12.8 Å². The Hall–Kier alpha value is -3.26. The third-order valence-corrected chi connectivity index (χ3v) is 7.44. The van der Waals surface area contributed by atoms with Crippen LogP contribution in [0.5, 0.6) is 11.5 Å². The van der Waals surface area contributed by atoms with Gasteiger partial charge in [0.2, 0.25) is 0 Å². The highest BCUT2D eigenvalue weighted by Gasteiger charge is 2.13. The minimum absolute atomic E-state index is 0.217. The molecule has 0 radical (unpaired) electrons. The molecule has 0 aliphatic carbocycles. The van der Waals surface area contributed by atoms with Crippen molar-refractivity contribution >= 4 is 43.3 Å². The van der Waals surface area contributed by atoms with E-state index in [4.69, 9.17) is 9.98 Å². The number of rotatable bonds is 12. The number of phenolic OH excluding ortho intramolecular Hbond substituents is 2. The Labute approximate surface area is 253 Å². The van der Waals surface area contributed by atoms with Crippen LogP contribution in [0, 0.1) is 0 Å². The summed E-state index contributed by atoms with van der Waals surface area (Å²) in [6, 6.07) is 30.8. The molecule has 0 aliphatic heterocycles. The van der Waals surface area contributed by atoms with Crippen LogP contribution in [0.15, 0.2) is 116 Å². The topological polar surface area (TPSA) is 68.4 Å². The van der Waals surface area contributed by atoms with Gasteiger partial charge in [-0.25, -0.2) is 0 Å². The average molecular weight is 663 g/mol. The van der Waals surface area contributed by atoms with Crippen molar-refractivity contribution in [3.63, 3.8) is 0 Å². The molecule has 0 aromatic heterocycles. The number of aromatic hydroxyl groups is 2. The van der Waals surface area contributed by atoms with Crippen LogP contribution < -0.4 is 0 Å². The molecule has 5 nitrogen and oxygen atoms in total. The first-order valence-electron chi connectivity index (χ1n) is 13.3. The summed E-state index contributed by atoms with van der Waals surface area (Å²) in [5.41, 5.74) is 4.98. The van der Waals surface area contributed by atoms with Crippen LogP contribution in [-0.4, -0.2) is 59.8 Å². The molecule has 0 aliphatic rings. The van der Waals surface area contributed by atoms with E-state index in [0.29, 0.717) is 13.1 Å². The number of nitrogens with zero attached hydrogens (tertiary/aromatic N) is 3. The first kappa shape index (κ1) is 29.7. The number of phenols is 2. The van der Waals surface area contributed by atoms with Crippen LogP contribution >= 0.6 is 31.9 Å². The minimum atomic E-state index is 0.217. The Kier molecular flexibility index (Phi) is 11.1. The second-order valence-corrected chi connectivity index (χ2v) is 11.4. The van der Waals surface area contributed by atoms with E-state index in [-0.39, 0.29) is 11.5 Å². The van der Waals surface area contributed by atoms with Gasteiger partial charge in [0.05, 0.1) is 11.4 Å². The fourth-order valence-corrected chi connectivity index (χ4v) is 5.15. The molecule has 0 spiro atoms. The van der Waals surface area contributed by atoms with Gasteiger partial charge in [0, 0.05) is 44.3 Å². The summed E-state index contributed by atoms with van der Waals surface area (Å²) in [6.07, 6.45) is 1.79. The van der Waals surface area contributed by atoms with Gasteiger partial charge in [-0.2, -0.15) is 0 Å². The molecular weight excluding hydrogens is 630 g/mol. The van der Waals surface area contributed by atoms with E-state index in [1.807, 2.05) is 84.9 Å². The van der Waals surface area contributed by atoms with Gasteiger partial charge in [0.1, 0.15) is 11.5 Å². The molecule has 2 N–H and O–H groups in total. The van der Waals surface area contributed by atoms with Crippen molar-refractivity contribution in [3.05, 3.63) is 128 Å². The van der Waals surface area contributed by atoms with E-state index in [1.165, 1.54) is 0 Å². The number of aliphatic imine (C=N–C) groups is 2. The summed E-state index contributed by atoms with van der Waals surface area (Å²) in [6.45, 7) is 3.10. The van der Waals surface area contributed by atoms with Gasteiger partial charge in [0.25, 0.3) is 0 Å². The van der Waals surface area contributed by atoms with Crippen LogP contribution in [0.3, 0.4) is 0 Å². The fourth-order valence-electron chi connectivity index (χ4n) is 4.43. The lowest BCUT2D eigenvalue weighted by Crippen LogP contribution is -2.22. The summed E-state index contributed by atoms with van der Waals surface area (Å²) in [5, 5.41) is 21.0. The normalized spacial score (nSPS) is 12.2. The summed E-state index contributed by atoms with van der Waals surface area (Å²) in [4.78, 5) is 12.1. The predicted octanol–water partition coefficient (Wildman–Crippen LogP) is 7.71. The first-order valence-corrected chi connectivity index (χ1v) is 14.9. The van der Waals surface area contributed by atoms with Gasteiger partial charge >= 0.3 is 0 Å². The summed E-state index contributed by atoms with van der Waals surface area (Å²) in [7, 11) is 2.11. The van der Waals surface area contributed by atoms with Crippen LogP contribution in [0.4, 0.5) is 0 Å². The summed E-state index contributed by atoms with van der Waals surface area (Å²) >= 11 is 7.03. The van der Waals surface area contributed by atoms with E-state index in [9.17, 15) is 10.2 Å². The number of halogens is 2. The van der Waals surface area contributed by atoms with E-state index in [0.717, 1.165) is 68.6 Å². The van der Waals surface area contributed by atoms with Gasteiger partial charge in [0.15, 0.2) is 0 Å². The highest BCUT2D eigenvalue weighted by molar-refractivity contribution is 9.10. The highest BCUT2D eigenvalue weighted by Crippen LogP contribution is 2.26. The second-order valence-electron chi connectivity index (χ2n) is 9.53. The number of benzene rings is 4. The molecular formula is C33H33Br2N3O2. The summed E-state index contributed by atoms with van der Waals surface area (Å²) < 4.78 is 1.80. The van der Waals surface area contributed by atoms with E-state index < -0.39 is 0 Å². The molecule has 40 heavy (non-hydrogen) atoms. The maximum Gasteiger partial charge on any atom is 0.125 e. The molecule has 0 saturated carbocycles. The maximum absolute atomic E-state index is 10.5. The Bertz CT molecular complexity index is 1350. The highest BCUT2D eigenvalue weighted by atomic mass is 79.9. The zero-order chi connectivity index (χ0) is 28.3. The zero-order valence-electron chi connectivity index (χ0n) is 22.5. The van der Waals surface area contributed by atoms with E-state index in [1.54, 1.807) is 12.1 Å². The van der Waals surface area contributed by atoms with Gasteiger partial charge in [-0.3, -0.25) is 9.98 Å².